The predicted molar refractivity (Wildman–Crippen MR) is 77.9 cm³/mol. The Kier molecular flexibility index (Phi) is 5.53. The first-order chi connectivity index (χ1) is 9.66. The van der Waals surface area contributed by atoms with Crippen LogP contribution in [0.5, 0.6) is 0 Å². The summed E-state index contributed by atoms with van der Waals surface area (Å²) in [5.74, 6) is 0.0413. The number of carbonyl (C=O) groups excluding carboxylic acids is 1. The van der Waals surface area contributed by atoms with Gasteiger partial charge in [0.2, 0.25) is 5.91 Å². The molecule has 0 radical (unpaired) electrons. The van der Waals surface area contributed by atoms with Crippen LogP contribution in [0.4, 0.5) is 4.39 Å². The SMILES string of the molecule is Cc1cc(F)ccc1CNCCC(=O)N1CCCCC1. The second kappa shape index (κ2) is 7.39. The number of nitrogens with one attached hydrogen (secondary N) is 1. The van der Waals surface area contributed by atoms with Crippen LogP contribution in [0, 0.1) is 12.7 Å². The van der Waals surface area contributed by atoms with Gasteiger partial charge in [0.25, 0.3) is 0 Å². The smallest absolute Gasteiger partial charge is 0.223 e. The van der Waals surface area contributed by atoms with Crippen LogP contribution in [-0.2, 0) is 11.3 Å². The molecule has 0 aromatic heterocycles. The number of hydrogen-bond acceptors (Lipinski definition) is 2. The van der Waals surface area contributed by atoms with Gasteiger partial charge in [0, 0.05) is 32.6 Å². The third-order valence-corrected chi connectivity index (χ3v) is 3.84. The van der Waals surface area contributed by atoms with Crippen molar-refractivity contribution in [2.75, 3.05) is 19.6 Å². The van der Waals surface area contributed by atoms with Crippen LogP contribution in [0.25, 0.3) is 0 Å². The van der Waals surface area contributed by atoms with Crippen molar-refractivity contribution in [2.45, 2.75) is 39.2 Å². The molecule has 1 aliphatic heterocycles. The lowest BCUT2D eigenvalue weighted by Gasteiger charge is -2.26. The van der Waals surface area contributed by atoms with Crippen LogP contribution >= 0.6 is 0 Å². The number of halogens is 1. The van der Waals surface area contributed by atoms with Gasteiger partial charge in [-0.1, -0.05) is 6.07 Å². The number of nitrogens with zero attached hydrogens (tertiary/aromatic N) is 1. The van der Waals surface area contributed by atoms with E-state index in [2.05, 4.69) is 5.32 Å². The number of likely N-dealkylation sites (tertiary alicyclic amines) is 1. The minimum Gasteiger partial charge on any atom is -0.343 e. The Labute approximate surface area is 120 Å². The molecule has 1 aliphatic rings. The Morgan fingerprint density at radius 2 is 2.05 bits per heavy atom. The molecule has 1 aromatic rings. The topological polar surface area (TPSA) is 32.3 Å². The van der Waals surface area contributed by atoms with Gasteiger partial charge in [-0.15, -0.1) is 0 Å². The number of rotatable bonds is 5. The van der Waals surface area contributed by atoms with E-state index < -0.39 is 0 Å². The summed E-state index contributed by atoms with van der Waals surface area (Å²) in [6.45, 7) is 5.08. The number of piperidine rings is 1. The molecule has 1 saturated heterocycles. The monoisotopic (exact) mass is 278 g/mol. The van der Waals surface area contributed by atoms with Gasteiger partial charge >= 0.3 is 0 Å². The van der Waals surface area contributed by atoms with Crippen molar-refractivity contribution in [2.24, 2.45) is 0 Å². The predicted octanol–water partition coefficient (Wildman–Crippen LogP) is 2.63. The highest BCUT2D eigenvalue weighted by molar-refractivity contribution is 5.76. The van der Waals surface area contributed by atoms with E-state index in [1.54, 1.807) is 6.07 Å². The first-order valence-corrected chi connectivity index (χ1v) is 7.40. The largest absolute Gasteiger partial charge is 0.343 e. The van der Waals surface area contributed by atoms with Gasteiger partial charge in [-0.25, -0.2) is 4.39 Å². The number of carbonyl (C=O) groups is 1. The highest BCUT2D eigenvalue weighted by atomic mass is 19.1. The molecule has 20 heavy (non-hydrogen) atoms. The highest BCUT2D eigenvalue weighted by Crippen LogP contribution is 2.11. The molecule has 1 N–H and O–H groups in total. The zero-order valence-electron chi connectivity index (χ0n) is 12.1. The van der Waals surface area contributed by atoms with Crippen molar-refractivity contribution in [3.63, 3.8) is 0 Å². The van der Waals surface area contributed by atoms with Crippen LogP contribution in [0.2, 0.25) is 0 Å². The standard InChI is InChI=1S/C16H23FN2O/c1-13-11-15(17)6-5-14(13)12-18-8-7-16(20)19-9-3-2-4-10-19/h5-6,11,18H,2-4,7-10,12H2,1H3. The first kappa shape index (κ1) is 15.0. The Bertz CT molecular complexity index is 456. The van der Waals surface area contributed by atoms with Crippen LogP contribution in [0.1, 0.15) is 36.8 Å². The van der Waals surface area contributed by atoms with Crippen molar-refractivity contribution in [3.05, 3.63) is 35.1 Å². The minimum absolute atomic E-state index is 0.202. The summed E-state index contributed by atoms with van der Waals surface area (Å²) >= 11 is 0. The van der Waals surface area contributed by atoms with Gasteiger partial charge in [0.1, 0.15) is 5.82 Å². The molecule has 0 spiro atoms. The molecule has 2 rings (SSSR count). The summed E-state index contributed by atoms with van der Waals surface area (Å²) < 4.78 is 13.0. The Morgan fingerprint density at radius 3 is 2.75 bits per heavy atom. The zero-order valence-corrected chi connectivity index (χ0v) is 12.1. The van der Waals surface area contributed by atoms with Crippen LogP contribution < -0.4 is 5.32 Å². The maximum atomic E-state index is 13.0. The van der Waals surface area contributed by atoms with Crippen molar-refractivity contribution in [3.8, 4) is 0 Å². The quantitative estimate of drug-likeness (QED) is 0.840. The lowest BCUT2D eigenvalue weighted by molar-refractivity contribution is -0.131. The molecule has 0 unspecified atom stereocenters. The summed E-state index contributed by atoms with van der Waals surface area (Å²) in [4.78, 5) is 13.9. The maximum Gasteiger partial charge on any atom is 0.223 e. The Morgan fingerprint density at radius 1 is 1.30 bits per heavy atom. The van der Waals surface area contributed by atoms with E-state index in [1.807, 2.05) is 11.8 Å². The molecule has 1 fully saturated rings. The maximum absolute atomic E-state index is 13.0. The van der Waals surface area contributed by atoms with Gasteiger partial charge in [-0.3, -0.25) is 4.79 Å². The molecule has 1 heterocycles. The number of hydrogen-bond donors (Lipinski definition) is 1. The fourth-order valence-electron chi connectivity index (χ4n) is 2.58. The van der Waals surface area contributed by atoms with Gasteiger partial charge in [-0.05, 0) is 49.4 Å². The lowest BCUT2D eigenvalue weighted by Crippen LogP contribution is -2.37. The number of amides is 1. The molecule has 0 bridgehead atoms. The molecular formula is C16H23FN2O. The third kappa shape index (κ3) is 4.30. The molecule has 0 saturated carbocycles. The summed E-state index contributed by atoms with van der Waals surface area (Å²) in [7, 11) is 0. The first-order valence-electron chi connectivity index (χ1n) is 7.40. The summed E-state index contributed by atoms with van der Waals surface area (Å²) in [5.41, 5.74) is 2.02. The van der Waals surface area contributed by atoms with Crippen molar-refractivity contribution in [1.29, 1.82) is 0 Å². The highest BCUT2D eigenvalue weighted by Gasteiger charge is 2.15. The molecular weight excluding hydrogens is 255 g/mol. The van der Waals surface area contributed by atoms with E-state index in [1.165, 1.54) is 18.6 Å². The number of aryl methyl sites for hydroxylation is 1. The molecule has 0 atom stereocenters. The van der Waals surface area contributed by atoms with Crippen LogP contribution in [0.15, 0.2) is 18.2 Å². The van der Waals surface area contributed by atoms with E-state index >= 15 is 0 Å². The molecule has 4 heteroatoms. The van der Waals surface area contributed by atoms with Gasteiger partial charge in [-0.2, -0.15) is 0 Å². The average Bonchev–Trinajstić information content (AvgIpc) is 2.46. The second-order valence-corrected chi connectivity index (χ2v) is 5.44. The van der Waals surface area contributed by atoms with E-state index in [0.717, 1.165) is 37.1 Å². The van der Waals surface area contributed by atoms with Gasteiger partial charge < -0.3 is 10.2 Å². The minimum atomic E-state index is -0.202. The van der Waals surface area contributed by atoms with E-state index in [4.69, 9.17) is 0 Å². The lowest BCUT2D eigenvalue weighted by atomic mass is 10.1. The summed E-state index contributed by atoms with van der Waals surface area (Å²) in [5, 5.41) is 3.26. The summed E-state index contributed by atoms with van der Waals surface area (Å²) in [6.07, 6.45) is 4.05. The van der Waals surface area contributed by atoms with E-state index in [9.17, 15) is 9.18 Å². The third-order valence-electron chi connectivity index (χ3n) is 3.84. The van der Waals surface area contributed by atoms with E-state index in [0.29, 0.717) is 19.5 Å². The number of benzene rings is 1. The van der Waals surface area contributed by atoms with E-state index in [-0.39, 0.29) is 11.7 Å². The Hall–Kier alpha value is -1.42. The average molecular weight is 278 g/mol. The molecule has 1 aromatic carbocycles. The van der Waals surface area contributed by atoms with Crippen LogP contribution in [-0.4, -0.2) is 30.4 Å². The van der Waals surface area contributed by atoms with Crippen molar-refractivity contribution < 1.29 is 9.18 Å². The summed E-state index contributed by atoms with van der Waals surface area (Å²) in [6, 6.07) is 4.81. The molecule has 3 nitrogen and oxygen atoms in total. The molecule has 0 aliphatic carbocycles. The Balaban J connectivity index is 1.69. The van der Waals surface area contributed by atoms with Crippen molar-refractivity contribution in [1.82, 2.24) is 10.2 Å². The fourth-order valence-corrected chi connectivity index (χ4v) is 2.58. The normalized spacial score (nSPS) is 15.4. The van der Waals surface area contributed by atoms with Crippen LogP contribution in [0.3, 0.4) is 0 Å². The zero-order chi connectivity index (χ0) is 14.4. The molecule has 110 valence electrons. The fraction of sp³-hybridized carbons (Fsp3) is 0.562. The molecule has 1 amide bonds. The van der Waals surface area contributed by atoms with Gasteiger partial charge in [0.05, 0.1) is 0 Å². The van der Waals surface area contributed by atoms with Gasteiger partial charge in [0.15, 0.2) is 0 Å². The van der Waals surface area contributed by atoms with Crippen molar-refractivity contribution >= 4 is 5.91 Å². The second-order valence-electron chi connectivity index (χ2n) is 5.44.